The maximum atomic E-state index is 12.3. The highest BCUT2D eigenvalue weighted by Crippen LogP contribution is 2.26. The molecule has 0 spiro atoms. The van der Waals surface area contributed by atoms with Crippen molar-refractivity contribution in [3.05, 3.63) is 24.8 Å². The van der Waals surface area contributed by atoms with Gasteiger partial charge in [0, 0.05) is 6.54 Å². The van der Waals surface area contributed by atoms with Gasteiger partial charge in [-0.1, -0.05) is 24.8 Å². The Hall–Kier alpha value is -1.33. The fourth-order valence-electron chi connectivity index (χ4n) is 1.25. The average molecular weight is 296 g/mol. The number of hydrogen-bond donors (Lipinski definition) is 0. The molecule has 0 radical (unpaired) electrons. The fraction of sp³-hybridized carbons (Fsp3) is 0.545. The number of nitrogens with zero attached hydrogens (tertiary/aromatic N) is 2. The molecule has 0 aromatic heterocycles. The lowest BCUT2D eigenvalue weighted by Gasteiger charge is -2.20. The van der Waals surface area contributed by atoms with Crippen molar-refractivity contribution in [2.45, 2.75) is 24.8 Å². The molecular weight excluding hydrogens is 281 g/mol. The van der Waals surface area contributed by atoms with Crippen molar-refractivity contribution in [1.29, 1.82) is 5.26 Å². The molecule has 0 aliphatic rings. The third kappa shape index (κ3) is 5.89. The van der Waals surface area contributed by atoms with Gasteiger partial charge in [0.05, 0.1) is 6.07 Å². The predicted octanol–water partition coefficient (Wildman–Crippen LogP) is 2.57. The number of rotatable bonds is 8. The summed E-state index contributed by atoms with van der Waals surface area (Å²) in [5.41, 5.74) is -5.37. The molecule has 0 atom stereocenters. The molecule has 0 aliphatic heterocycles. The Morgan fingerprint density at radius 3 is 2.42 bits per heavy atom. The number of hydrogen-bond acceptors (Lipinski definition) is 3. The van der Waals surface area contributed by atoms with Gasteiger partial charge in [-0.05, 0) is 19.3 Å². The van der Waals surface area contributed by atoms with E-state index in [1.54, 1.807) is 18.2 Å². The highest BCUT2D eigenvalue weighted by atomic mass is 32.2. The van der Waals surface area contributed by atoms with Crippen LogP contribution in [0.1, 0.15) is 19.3 Å². The van der Waals surface area contributed by atoms with E-state index in [-0.39, 0.29) is 17.3 Å². The van der Waals surface area contributed by atoms with Gasteiger partial charge in [0.1, 0.15) is 6.54 Å². The summed E-state index contributed by atoms with van der Waals surface area (Å²) in [6.45, 7) is 2.33. The summed E-state index contributed by atoms with van der Waals surface area (Å²) in [5.74, 6) is 0. The quantitative estimate of drug-likeness (QED) is 0.393. The van der Waals surface area contributed by atoms with Crippen molar-refractivity contribution in [1.82, 2.24) is 4.31 Å². The van der Waals surface area contributed by atoms with Gasteiger partial charge in [0.2, 0.25) is 0 Å². The Balaban J connectivity index is 4.49. The summed E-state index contributed by atoms with van der Waals surface area (Å²) >= 11 is 0. The summed E-state index contributed by atoms with van der Waals surface area (Å²) in [6, 6.07) is 1.43. The molecule has 0 unspecified atom stereocenters. The summed E-state index contributed by atoms with van der Waals surface area (Å²) in [6.07, 6.45) is 6.42. The fourth-order valence-corrected chi connectivity index (χ4v) is 2.14. The number of unbranched alkanes of at least 4 members (excludes halogenated alkanes) is 2. The van der Waals surface area contributed by atoms with Crippen LogP contribution in [0, 0.1) is 11.3 Å². The van der Waals surface area contributed by atoms with Crippen molar-refractivity contribution in [2.75, 3.05) is 13.1 Å². The normalized spacial score (nSPS) is 12.8. The van der Waals surface area contributed by atoms with E-state index in [0.717, 1.165) is 0 Å². The summed E-state index contributed by atoms with van der Waals surface area (Å²) in [4.78, 5) is 0. The van der Waals surface area contributed by atoms with Gasteiger partial charge in [-0.15, -0.1) is 0 Å². The van der Waals surface area contributed by atoms with Crippen molar-refractivity contribution in [2.24, 2.45) is 0 Å². The molecule has 0 aromatic rings. The lowest BCUT2D eigenvalue weighted by atomic mass is 10.2. The molecule has 0 aliphatic carbocycles. The van der Waals surface area contributed by atoms with Crippen LogP contribution in [0.25, 0.3) is 0 Å². The zero-order valence-electron chi connectivity index (χ0n) is 10.2. The van der Waals surface area contributed by atoms with E-state index in [9.17, 15) is 21.6 Å². The first kappa shape index (κ1) is 17.7. The largest absolute Gasteiger partial charge is 0.511 e. The van der Waals surface area contributed by atoms with Crippen LogP contribution >= 0.6 is 0 Å². The Morgan fingerprint density at radius 1 is 1.32 bits per heavy atom. The lowest BCUT2D eigenvalue weighted by molar-refractivity contribution is -0.0486. The second kappa shape index (κ2) is 7.96. The van der Waals surface area contributed by atoms with Gasteiger partial charge in [-0.2, -0.15) is 22.7 Å². The maximum Gasteiger partial charge on any atom is 0.511 e. The molecule has 0 bridgehead atoms. The van der Waals surface area contributed by atoms with Crippen LogP contribution in [-0.4, -0.2) is 31.3 Å². The Labute approximate surface area is 110 Å². The second-order valence-corrected chi connectivity index (χ2v) is 5.53. The smallest absolute Gasteiger partial charge is 0.203 e. The molecule has 0 aromatic carbocycles. The molecule has 0 heterocycles. The van der Waals surface area contributed by atoms with Crippen molar-refractivity contribution < 1.29 is 21.6 Å². The molecule has 0 rings (SSSR count). The van der Waals surface area contributed by atoms with Crippen LogP contribution in [0.5, 0.6) is 0 Å². The predicted molar refractivity (Wildman–Crippen MR) is 65.3 cm³/mol. The van der Waals surface area contributed by atoms with Crippen LogP contribution < -0.4 is 0 Å². The van der Waals surface area contributed by atoms with Crippen LogP contribution in [0.2, 0.25) is 0 Å². The molecule has 4 nitrogen and oxygen atoms in total. The second-order valence-electron chi connectivity index (χ2n) is 3.60. The van der Waals surface area contributed by atoms with Gasteiger partial charge in [-0.25, -0.2) is 8.42 Å². The molecule has 8 heteroatoms. The van der Waals surface area contributed by atoms with Crippen molar-refractivity contribution in [3.8, 4) is 6.07 Å². The van der Waals surface area contributed by atoms with Gasteiger partial charge in [0.15, 0.2) is 0 Å². The van der Waals surface area contributed by atoms with Gasteiger partial charge < -0.3 is 0 Å². The van der Waals surface area contributed by atoms with E-state index in [2.05, 4.69) is 6.58 Å². The first-order chi connectivity index (χ1) is 8.77. The highest BCUT2D eigenvalue weighted by Gasteiger charge is 2.49. The maximum absolute atomic E-state index is 12.3. The molecule has 0 saturated heterocycles. The monoisotopic (exact) mass is 296 g/mol. The van der Waals surface area contributed by atoms with Crippen LogP contribution in [0.3, 0.4) is 0 Å². The Kier molecular flexibility index (Phi) is 7.41. The van der Waals surface area contributed by atoms with Gasteiger partial charge >= 0.3 is 15.5 Å². The topological polar surface area (TPSA) is 61.2 Å². The third-order valence-electron chi connectivity index (χ3n) is 2.18. The van der Waals surface area contributed by atoms with E-state index in [0.29, 0.717) is 12.8 Å². The number of alkyl halides is 3. The number of halogens is 3. The number of allylic oxidation sites excluding steroid dienone is 3. The van der Waals surface area contributed by atoms with E-state index < -0.39 is 22.1 Å². The van der Waals surface area contributed by atoms with Crippen molar-refractivity contribution in [3.63, 3.8) is 0 Å². The number of nitriles is 1. The number of sulfonamides is 1. The minimum Gasteiger partial charge on any atom is -0.203 e. The molecule has 108 valence electrons. The van der Waals surface area contributed by atoms with Crippen LogP contribution in [-0.2, 0) is 10.0 Å². The van der Waals surface area contributed by atoms with Crippen LogP contribution in [0.4, 0.5) is 13.2 Å². The zero-order chi connectivity index (χ0) is 14.9. The molecular formula is C11H15F3N2O2S. The van der Waals surface area contributed by atoms with Crippen molar-refractivity contribution >= 4 is 10.0 Å². The summed E-state index contributed by atoms with van der Waals surface area (Å²) < 4.78 is 59.4. The zero-order valence-corrected chi connectivity index (χ0v) is 11.0. The summed E-state index contributed by atoms with van der Waals surface area (Å²) in [5, 5.41) is 8.39. The van der Waals surface area contributed by atoms with E-state index in [4.69, 9.17) is 5.26 Å². The first-order valence-electron chi connectivity index (χ1n) is 5.48. The van der Waals surface area contributed by atoms with E-state index in [1.165, 1.54) is 6.07 Å². The van der Waals surface area contributed by atoms with Gasteiger partial charge in [0.25, 0.3) is 0 Å². The molecule has 0 N–H and O–H groups in total. The minimum atomic E-state index is -5.42. The SMILES string of the molecule is C=C/C=C/CCCCN(CC#N)S(=O)(=O)C(F)(F)F. The average Bonchev–Trinajstić information content (AvgIpc) is 2.30. The van der Waals surface area contributed by atoms with E-state index in [1.807, 2.05) is 0 Å². The summed E-state index contributed by atoms with van der Waals surface area (Å²) in [7, 11) is -5.42. The highest BCUT2D eigenvalue weighted by molar-refractivity contribution is 7.90. The standard InChI is InChI=1S/C11H15F3N2O2S/c1-2-3-4-5-6-7-9-16(10-8-15)19(17,18)11(12,13)14/h2-4H,1,5-7,9-10H2/b4-3+. The minimum absolute atomic E-state index is 0.157. The Morgan fingerprint density at radius 2 is 1.95 bits per heavy atom. The van der Waals surface area contributed by atoms with Crippen LogP contribution in [0.15, 0.2) is 24.8 Å². The molecule has 0 saturated carbocycles. The molecule has 19 heavy (non-hydrogen) atoms. The van der Waals surface area contributed by atoms with Gasteiger partial charge in [-0.3, -0.25) is 0 Å². The molecule has 0 amide bonds. The first-order valence-corrected chi connectivity index (χ1v) is 6.92. The lowest BCUT2D eigenvalue weighted by Crippen LogP contribution is -2.41. The third-order valence-corrected chi connectivity index (χ3v) is 3.76. The Bertz CT molecular complexity index is 450. The van der Waals surface area contributed by atoms with E-state index >= 15 is 0 Å². The molecule has 0 fully saturated rings.